The van der Waals surface area contributed by atoms with E-state index in [0.29, 0.717) is 12.1 Å². The maximum absolute atomic E-state index is 3.63. The van der Waals surface area contributed by atoms with Gasteiger partial charge < -0.3 is 5.32 Å². The molecule has 1 nitrogen and oxygen atoms in total. The fourth-order valence-corrected chi connectivity index (χ4v) is 4.00. The predicted octanol–water partition coefficient (Wildman–Crippen LogP) is 5.68. The lowest BCUT2D eigenvalue weighted by molar-refractivity contribution is 0.499. The molecule has 18 heavy (non-hydrogen) atoms. The molecule has 0 aliphatic rings. The normalized spacial score (nSPS) is 14.4. The average molecular weight is 389 g/mol. The molecule has 0 aliphatic carbocycles. The molecule has 0 amide bonds. The molecule has 1 aromatic heterocycles. The molecule has 0 bridgehead atoms. The van der Waals surface area contributed by atoms with E-state index in [2.05, 4.69) is 81.4 Å². The highest BCUT2D eigenvalue weighted by molar-refractivity contribution is 9.11. The van der Waals surface area contributed by atoms with Gasteiger partial charge in [-0.05, 0) is 53.5 Å². The summed E-state index contributed by atoms with van der Waals surface area (Å²) in [6, 6.07) is 13.3. The van der Waals surface area contributed by atoms with Crippen molar-refractivity contribution in [3.05, 3.63) is 55.1 Å². The largest absolute Gasteiger partial charge is 0.303 e. The van der Waals surface area contributed by atoms with Crippen LogP contribution in [0.25, 0.3) is 0 Å². The van der Waals surface area contributed by atoms with Gasteiger partial charge in [0.2, 0.25) is 0 Å². The Hall–Kier alpha value is -0.160. The van der Waals surface area contributed by atoms with Gasteiger partial charge in [-0.1, -0.05) is 34.1 Å². The Kier molecular flexibility index (Phi) is 5.01. The molecule has 4 heteroatoms. The van der Waals surface area contributed by atoms with E-state index in [-0.39, 0.29) is 0 Å². The fourth-order valence-electron chi connectivity index (χ4n) is 1.93. The summed E-state index contributed by atoms with van der Waals surface area (Å²) in [4.78, 5) is 1.35. The first kappa shape index (κ1) is 14.3. The Balaban J connectivity index is 2.08. The van der Waals surface area contributed by atoms with Crippen LogP contribution in [0.15, 0.2) is 44.7 Å². The number of benzene rings is 1. The summed E-state index contributed by atoms with van der Waals surface area (Å²) in [5, 5.41) is 3.63. The van der Waals surface area contributed by atoms with Crippen molar-refractivity contribution in [2.24, 2.45) is 0 Å². The predicted molar refractivity (Wildman–Crippen MR) is 86.1 cm³/mol. The number of nitrogens with one attached hydrogen (secondary N) is 1. The molecule has 2 aromatic rings. The fraction of sp³-hybridized carbons (Fsp3) is 0.286. The minimum absolute atomic E-state index is 0.316. The summed E-state index contributed by atoms with van der Waals surface area (Å²) in [5.41, 5.74) is 1.29. The van der Waals surface area contributed by atoms with Crippen molar-refractivity contribution in [2.45, 2.75) is 25.9 Å². The van der Waals surface area contributed by atoms with Gasteiger partial charge in [0.1, 0.15) is 0 Å². The molecule has 1 aromatic carbocycles. The Labute approximate surface area is 129 Å². The lowest BCUT2D eigenvalue weighted by Gasteiger charge is -2.20. The van der Waals surface area contributed by atoms with Gasteiger partial charge in [0.15, 0.2) is 0 Å². The summed E-state index contributed by atoms with van der Waals surface area (Å²) < 4.78 is 2.34. The van der Waals surface area contributed by atoms with Crippen LogP contribution in [0.1, 0.15) is 36.4 Å². The third kappa shape index (κ3) is 3.44. The van der Waals surface area contributed by atoms with Crippen LogP contribution >= 0.6 is 43.2 Å². The van der Waals surface area contributed by atoms with Crippen LogP contribution in [0.5, 0.6) is 0 Å². The van der Waals surface area contributed by atoms with Crippen molar-refractivity contribution < 1.29 is 0 Å². The smallest absolute Gasteiger partial charge is 0.0701 e. The van der Waals surface area contributed by atoms with Gasteiger partial charge in [0, 0.05) is 21.4 Å². The van der Waals surface area contributed by atoms with Gasteiger partial charge >= 0.3 is 0 Å². The van der Waals surface area contributed by atoms with Crippen molar-refractivity contribution in [1.29, 1.82) is 0 Å². The summed E-state index contributed by atoms with van der Waals surface area (Å²) in [6.45, 7) is 4.39. The summed E-state index contributed by atoms with van der Waals surface area (Å²) in [5.74, 6) is 0. The van der Waals surface area contributed by atoms with Crippen LogP contribution in [0, 0.1) is 0 Å². The minimum Gasteiger partial charge on any atom is -0.303 e. The van der Waals surface area contributed by atoms with Crippen molar-refractivity contribution in [3.63, 3.8) is 0 Å². The van der Waals surface area contributed by atoms with Crippen molar-refractivity contribution >= 4 is 43.2 Å². The Morgan fingerprint density at radius 1 is 1.00 bits per heavy atom. The van der Waals surface area contributed by atoms with Gasteiger partial charge in [-0.2, -0.15) is 0 Å². The van der Waals surface area contributed by atoms with E-state index in [4.69, 9.17) is 0 Å². The van der Waals surface area contributed by atoms with Gasteiger partial charge in [-0.25, -0.2) is 0 Å². The van der Waals surface area contributed by atoms with E-state index in [1.54, 1.807) is 11.3 Å². The van der Waals surface area contributed by atoms with Crippen LogP contribution in [-0.2, 0) is 0 Å². The van der Waals surface area contributed by atoms with Crippen molar-refractivity contribution in [3.8, 4) is 0 Å². The second-order valence-corrected chi connectivity index (χ2v) is 7.62. The van der Waals surface area contributed by atoms with Crippen LogP contribution in [0.3, 0.4) is 0 Å². The van der Waals surface area contributed by atoms with E-state index < -0.39 is 0 Å². The first-order chi connectivity index (χ1) is 8.58. The molecule has 2 atom stereocenters. The minimum atomic E-state index is 0.316. The quantitative estimate of drug-likeness (QED) is 0.709. The Morgan fingerprint density at radius 3 is 2.33 bits per heavy atom. The maximum atomic E-state index is 3.63. The van der Waals surface area contributed by atoms with E-state index in [1.807, 2.05) is 6.07 Å². The van der Waals surface area contributed by atoms with Crippen LogP contribution in [0.2, 0.25) is 0 Å². The second-order valence-electron chi connectivity index (χ2n) is 4.27. The SMILES string of the molecule is CC(N[C@H](C)c1ccccc1Br)c1ccc(Br)s1. The van der Waals surface area contributed by atoms with Gasteiger partial charge in [0.25, 0.3) is 0 Å². The van der Waals surface area contributed by atoms with E-state index in [1.165, 1.54) is 14.2 Å². The van der Waals surface area contributed by atoms with Crippen LogP contribution < -0.4 is 5.32 Å². The molecule has 0 saturated carbocycles. The number of hydrogen-bond donors (Lipinski definition) is 1. The number of halogens is 2. The molecular formula is C14H15Br2NS. The van der Waals surface area contributed by atoms with E-state index in [0.717, 1.165) is 4.47 Å². The molecule has 0 fully saturated rings. The second kappa shape index (κ2) is 6.33. The molecule has 0 aliphatic heterocycles. The highest BCUT2D eigenvalue weighted by Crippen LogP contribution is 2.30. The number of hydrogen-bond acceptors (Lipinski definition) is 2. The third-order valence-electron chi connectivity index (χ3n) is 2.89. The topological polar surface area (TPSA) is 12.0 Å². The molecule has 0 saturated heterocycles. The zero-order chi connectivity index (χ0) is 13.1. The third-order valence-corrected chi connectivity index (χ3v) is 5.42. The summed E-state index contributed by atoms with van der Waals surface area (Å²) in [6.07, 6.45) is 0. The molecule has 1 heterocycles. The monoisotopic (exact) mass is 387 g/mol. The van der Waals surface area contributed by atoms with Crippen molar-refractivity contribution in [1.82, 2.24) is 5.32 Å². The Bertz CT molecular complexity index is 524. The van der Waals surface area contributed by atoms with Crippen LogP contribution in [-0.4, -0.2) is 0 Å². The highest BCUT2D eigenvalue weighted by atomic mass is 79.9. The van der Waals surface area contributed by atoms with E-state index >= 15 is 0 Å². The van der Waals surface area contributed by atoms with Crippen molar-refractivity contribution in [2.75, 3.05) is 0 Å². The Morgan fingerprint density at radius 2 is 1.72 bits per heavy atom. The number of rotatable bonds is 4. The molecule has 1 unspecified atom stereocenters. The van der Waals surface area contributed by atoms with Gasteiger partial charge in [0.05, 0.1) is 3.79 Å². The highest BCUT2D eigenvalue weighted by Gasteiger charge is 2.14. The molecule has 2 rings (SSSR count). The maximum Gasteiger partial charge on any atom is 0.0701 e. The molecule has 0 radical (unpaired) electrons. The lowest BCUT2D eigenvalue weighted by atomic mass is 10.1. The van der Waals surface area contributed by atoms with Crippen LogP contribution in [0.4, 0.5) is 0 Å². The summed E-state index contributed by atoms with van der Waals surface area (Å²) in [7, 11) is 0. The standard InChI is InChI=1S/C14H15Br2NS/c1-9(11-5-3-4-6-12(11)15)17-10(2)13-7-8-14(16)18-13/h3-10,17H,1-2H3/t9-,10?/m1/s1. The zero-order valence-corrected chi connectivity index (χ0v) is 14.3. The van der Waals surface area contributed by atoms with Gasteiger partial charge in [-0.15, -0.1) is 11.3 Å². The molecule has 96 valence electrons. The zero-order valence-electron chi connectivity index (χ0n) is 10.3. The average Bonchev–Trinajstić information content (AvgIpc) is 2.76. The molecule has 0 spiro atoms. The lowest BCUT2D eigenvalue weighted by Crippen LogP contribution is -2.22. The summed E-state index contributed by atoms with van der Waals surface area (Å²) >= 11 is 8.89. The number of thiophene rings is 1. The first-order valence-corrected chi connectivity index (χ1v) is 8.24. The first-order valence-electron chi connectivity index (χ1n) is 5.83. The molecule has 1 N–H and O–H groups in total. The molecular weight excluding hydrogens is 374 g/mol. The van der Waals surface area contributed by atoms with E-state index in [9.17, 15) is 0 Å². The van der Waals surface area contributed by atoms with Gasteiger partial charge in [-0.3, -0.25) is 0 Å².